The molecule has 1 rings (SSSR count). The third-order valence-corrected chi connectivity index (χ3v) is 2.25. The lowest BCUT2D eigenvalue weighted by Gasteiger charge is -2.15. The SMILES string of the molecule is CN(CCC#N)C(=O)COc1cccc(F)c1F. The summed E-state index contributed by atoms with van der Waals surface area (Å²) in [5, 5.41) is 8.36. The van der Waals surface area contributed by atoms with Gasteiger partial charge in [-0.1, -0.05) is 6.07 Å². The highest BCUT2D eigenvalue weighted by Gasteiger charge is 2.13. The van der Waals surface area contributed by atoms with E-state index in [9.17, 15) is 13.6 Å². The summed E-state index contributed by atoms with van der Waals surface area (Å²) in [5.41, 5.74) is 0. The fourth-order valence-corrected chi connectivity index (χ4v) is 1.19. The van der Waals surface area contributed by atoms with Crippen LogP contribution >= 0.6 is 0 Å². The fraction of sp³-hybridized carbons (Fsp3) is 0.333. The zero-order valence-corrected chi connectivity index (χ0v) is 9.82. The van der Waals surface area contributed by atoms with Crippen LogP contribution in [0.15, 0.2) is 18.2 Å². The lowest BCUT2D eigenvalue weighted by atomic mass is 10.3. The average Bonchev–Trinajstić information content (AvgIpc) is 2.37. The minimum atomic E-state index is -1.12. The summed E-state index contributed by atoms with van der Waals surface area (Å²) in [5.74, 6) is -2.87. The van der Waals surface area contributed by atoms with Gasteiger partial charge in [0.2, 0.25) is 5.82 Å². The van der Waals surface area contributed by atoms with Crippen LogP contribution in [0.2, 0.25) is 0 Å². The molecule has 0 atom stereocenters. The molecule has 96 valence electrons. The zero-order valence-electron chi connectivity index (χ0n) is 9.82. The third kappa shape index (κ3) is 3.70. The molecule has 0 fully saturated rings. The molecule has 1 amide bonds. The van der Waals surface area contributed by atoms with Crippen molar-refractivity contribution >= 4 is 5.91 Å². The topological polar surface area (TPSA) is 53.3 Å². The number of hydrogen-bond acceptors (Lipinski definition) is 3. The van der Waals surface area contributed by atoms with Gasteiger partial charge in [0.25, 0.3) is 5.91 Å². The molecular weight excluding hydrogens is 242 g/mol. The molecule has 0 bridgehead atoms. The normalized spacial score (nSPS) is 9.67. The van der Waals surface area contributed by atoms with Gasteiger partial charge < -0.3 is 9.64 Å². The fourth-order valence-electron chi connectivity index (χ4n) is 1.19. The maximum absolute atomic E-state index is 13.2. The van der Waals surface area contributed by atoms with Crippen molar-refractivity contribution in [1.29, 1.82) is 5.26 Å². The Morgan fingerprint density at radius 2 is 2.22 bits per heavy atom. The highest BCUT2D eigenvalue weighted by Crippen LogP contribution is 2.18. The van der Waals surface area contributed by atoms with Crippen LogP contribution in [-0.4, -0.2) is 31.0 Å². The van der Waals surface area contributed by atoms with E-state index in [0.717, 1.165) is 6.07 Å². The monoisotopic (exact) mass is 254 g/mol. The second-order valence-corrected chi connectivity index (χ2v) is 3.56. The number of rotatable bonds is 5. The van der Waals surface area contributed by atoms with Crippen LogP contribution in [0.1, 0.15) is 6.42 Å². The Hall–Kier alpha value is -2.16. The molecule has 0 radical (unpaired) electrons. The van der Waals surface area contributed by atoms with Gasteiger partial charge in [-0.2, -0.15) is 9.65 Å². The van der Waals surface area contributed by atoms with Crippen LogP contribution in [0.3, 0.4) is 0 Å². The molecule has 0 aliphatic rings. The maximum atomic E-state index is 13.2. The summed E-state index contributed by atoms with van der Waals surface area (Å²) in [7, 11) is 1.50. The van der Waals surface area contributed by atoms with E-state index in [0.29, 0.717) is 0 Å². The number of nitrogens with zero attached hydrogens (tertiary/aromatic N) is 2. The van der Waals surface area contributed by atoms with E-state index in [1.54, 1.807) is 0 Å². The Bertz CT molecular complexity index is 472. The smallest absolute Gasteiger partial charge is 0.260 e. The molecule has 18 heavy (non-hydrogen) atoms. The molecule has 1 aromatic carbocycles. The van der Waals surface area contributed by atoms with E-state index >= 15 is 0 Å². The van der Waals surface area contributed by atoms with Gasteiger partial charge in [0.05, 0.1) is 12.5 Å². The van der Waals surface area contributed by atoms with Crippen molar-refractivity contribution in [3.05, 3.63) is 29.8 Å². The Kier molecular flexibility index (Phi) is 5.06. The van der Waals surface area contributed by atoms with Gasteiger partial charge >= 0.3 is 0 Å². The number of carbonyl (C=O) groups is 1. The van der Waals surface area contributed by atoms with Gasteiger partial charge in [0, 0.05) is 13.6 Å². The van der Waals surface area contributed by atoms with E-state index < -0.39 is 24.1 Å². The molecule has 1 aromatic rings. The molecule has 0 N–H and O–H groups in total. The molecule has 0 saturated heterocycles. The van der Waals surface area contributed by atoms with Gasteiger partial charge in [0.1, 0.15) is 0 Å². The molecule has 4 nitrogen and oxygen atoms in total. The Morgan fingerprint density at radius 1 is 1.50 bits per heavy atom. The van der Waals surface area contributed by atoms with E-state index in [-0.39, 0.29) is 18.7 Å². The van der Waals surface area contributed by atoms with Crippen LogP contribution < -0.4 is 4.74 Å². The van der Waals surface area contributed by atoms with E-state index in [4.69, 9.17) is 10.00 Å². The van der Waals surface area contributed by atoms with Crippen molar-refractivity contribution in [2.45, 2.75) is 6.42 Å². The first-order valence-electron chi connectivity index (χ1n) is 5.24. The molecule has 0 saturated carbocycles. The van der Waals surface area contributed by atoms with Crippen molar-refractivity contribution in [2.75, 3.05) is 20.2 Å². The third-order valence-electron chi connectivity index (χ3n) is 2.25. The number of amides is 1. The summed E-state index contributed by atoms with van der Waals surface area (Å²) in [6.45, 7) is -0.132. The zero-order chi connectivity index (χ0) is 13.5. The number of nitriles is 1. The van der Waals surface area contributed by atoms with Gasteiger partial charge in [-0.25, -0.2) is 4.39 Å². The average molecular weight is 254 g/mol. The summed E-state index contributed by atoms with van der Waals surface area (Å²) in [4.78, 5) is 12.8. The summed E-state index contributed by atoms with van der Waals surface area (Å²) in [6.07, 6.45) is 0.205. The van der Waals surface area contributed by atoms with Gasteiger partial charge in [-0.15, -0.1) is 0 Å². The molecule has 0 spiro atoms. The van der Waals surface area contributed by atoms with Gasteiger partial charge in [0.15, 0.2) is 18.2 Å². The standard InChI is InChI=1S/C12H12F2N2O2/c1-16(7-3-6-15)11(17)8-18-10-5-2-4-9(13)12(10)14/h2,4-5H,3,7-8H2,1H3. The predicted octanol–water partition coefficient (Wildman–Crippen LogP) is 1.72. The molecule has 0 unspecified atom stereocenters. The van der Waals surface area contributed by atoms with Crippen LogP contribution in [0.4, 0.5) is 8.78 Å². The molecule has 0 aliphatic carbocycles. The maximum Gasteiger partial charge on any atom is 0.260 e. The summed E-state index contributed by atoms with van der Waals surface area (Å²) in [6, 6.07) is 5.39. The van der Waals surface area contributed by atoms with Crippen LogP contribution in [0.25, 0.3) is 0 Å². The first-order valence-corrected chi connectivity index (χ1v) is 5.24. The number of hydrogen-bond donors (Lipinski definition) is 0. The highest BCUT2D eigenvalue weighted by atomic mass is 19.2. The predicted molar refractivity (Wildman–Crippen MR) is 59.7 cm³/mol. The van der Waals surface area contributed by atoms with Crippen molar-refractivity contribution in [1.82, 2.24) is 4.90 Å². The summed E-state index contributed by atoms with van der Waals surface area (Å²) < 4.78 is 30.9. The molecule has 6 heteroatoms. The highest BCUT2D eigenvalue weighted by molar-refractivity contribution is 5.77. The number of ether oxygens (including phenoxy) is 1. The number of benzene rings is 1. The lowest BCUT2D eigenvalue weighted by molar-refractivity contribution is -0.132. The minimum Gasteiger partial charge on any atom is -0.481 e. The first kappa shape index (κ1) is 13.9. The minimum absolute atomic E-state index is 0.205. The van der Waals surface area contributed by atoms with Gasteiger partial charge in [-0.05, 0) is 12.1 Å². The van der Waals surface area contributed by atoms with Crippen molar-refractivity contribution in [3.8, 4) is 11.8 Å². The van der Waals surface area contributed by atoms with Crippen molar-refractivity contribution in [3.63, 3.8) is 0 Å². The van der Waals surface area contributed by atoms with Crippen LogP contribution in [0, 0.1) is 23.0 Å². The summed E-state index contributed by atoms with van der Waals surface area (Å²) >= 11 is 0. The molecule has 0 heterocycles. The first-order chi connectivity index (χ1) is 8.56. The van der Waals surface area contributed by atoms with E-state index in [1.807, 2.05) is 6.07 Å². The number of halogens is 2. The number of carbonyl (C=O) groups excluding carboxylic acids is 1. The van der Waals surface area contributed by atoms with E-state index in [1.165, 1.54) is 24.1 Å². The van der Waals surface area contributed by atoms with Crippen molar-refractivity contribution < 1.29 is 18.3 Å². The Balaban J connectivity index is 2.53. The van der Waals surface area contributed by atoms with E-state index in [2.05, 4.69) is 0 Å². The second kappa shape index (κ2) is 6.55. The Labute approximate surface area is 103 Å². The second-order valence-electron chi connectivity index (χ2n) is 3.56. The van der Waals surface area contributed by atoms with Gasteiger partial charge in [-0.3, -0.25) is 4.79 Å². The van der Waals surface area contributed by atoms with Crippen molar-refractivity contribution in [2.24, 2.45) is 0 Å². The largest absolute Gasteiger partial charge is 0.481 e. The molecule has 0 aliphatic heterocycles. The van der Waals surface area contributed by atoms with Crippen LogP contribution in [-0.2, 0) is 4.79 Å². The molecule has 0 aromatic heterocycles. The van der Waals surface area contributed by atoms with Crippen LogP contribution in [0.5, 0.6) is 5.75 Å². The lowest BCUT2D eigenvalue weighted by Crippen LogP contribution is -2.32. The Morgan fingerprint density at radius 3 is 2.89 bits per heavy atom. The molecular formula is C12H12F2N2O2. The quantitative estimate of drug-likeness (QED) is 0.803. The number of likely N-dealkylation sites (N-methyl/N-ethyl adjacent to an activating group) is 1.